The van der Waals surface area contributed by atoms with Gasteiger partial charge in [-0.25, -0.2) is 4.68 Å². The van der Waals surface area contributed by atoms with E-state index in [0.717, 1.165) is 19.5 Å². The first-order valence-corrected chi connectivity index (χ1v) is 5.69. The van der Waals surface area contributed by atoms with Crippen LogP contribution in [0.5, 0.6) is 0 Å². The maximum Gasteiger partial charge on any atom is 0.242 e. The van der Waals surface area contributed by atoms with Crippen LogP contribution >= 0.6 is 0 Å². The zero-order valence-corrected chi connectivity index (χ0v) is 9.22. The van der Waals surface area contributed by atoms with Crippen LogP contribution in [-0.2, 0) is 11.3 Å². The minimum atomic E-state index is -0.000741. The average Bonchev–Trinajstić information content (AvgIpc) is 2.62. The Morgan fingerprint density at radius 1 is 1.56 bits per heavy atom. The van der Waals surface area contributed by atoms with Crippen molar-refractivity contribution in [1.29, 1.82) is 0 Å². The average molecular weight is 223 g/mol. The van der Waals surface area contributed by atoms with E-state index in [9.17, 15) is 4.79 Å². The van der Waals surface area contributed by atoms with Crippen molar-refractivity contribution >= 4 is 5.91 Å². The molecule has 1 aliphatic heterocycles. The molecular weight excluding hydrogens is 206 g/mol. The second kappa shape index (κ2) is 5.60. The van der Waals surface area contributed by atoms with Crippen molar-refractivity contribution in [2.45, 2.75) is 31.8 Å². The lowest BCUT2D eigenvalue weighted by atomic mass is 10.1. The Labute approximate surface area is 94.4 Å². The summed E-state index contributed by atoms with van der Waals surface area (Å²) in [5.41, 5.74) is 0. The van der Waals surface area contributed by atoms with Crippen LogP contribution < -0.4 is 10.6 Å². The molecule has 1 aromatic rings. The largest absolute Gasteiger partial charge is 0.350 e. The molecule has 1 aliphatic rings. The van der Waals surface area contributed by atoms with Crippen LogP contribution in [0.15, 0.2) is 12.4 Å². The fraction of sp³-hybridized carbons (Fsp3) is 0.700. The van der Waals surface area contributed by atoms with Gasteiger partial charge in [-0.3, -0.25) is 4.79 Å². The summed E-state index contributed by atoms with van der Waals surface area (Å²) in [5, 5.41) is 13.7. The summed E-state index contributed by atoms with van der Waals surface area (Å²) in [4.78, 5) is 11.7. The molecule has 2 heterocycles. The van der Waals surface area contributed by atoms with E-state index < -0.39 is 0 Å². The normalized spacial score (nSPS) is 21.4. The molecule has 1 saturated heterocycles. The molecule has 1 atom stereocenters. The van der Waals surface area contributed by atoms with Crippen molar-refractivity contribution in [3.8, 4) is 0 Å². The van der Waals surface area contributed by atoms with Crippen LogP contribution in [0.3, 0.4) is 0 Å². The van der Waals surface area contributed by atoms with Crippen LogP contribution in [0.25, 0.3) is 0 Å². The van der Waals surface area contributed by atoms with Crippen LogP contribution in [0, 0.1) is 0 Å². The van der Waals surface area contributed by atoms with Gasteiger partial charge in [0.1, 0.15) is 6.54 Å². The molecule has 2 rings (SSSR count). The maximum absolute atomic E-state index is 11.7. The molecule has 0 spiro atoms. The maximum atomic E-state index is 11.7. The first-order valence-electron chi connectivity index (χ1n) is 5.69. The van der Waals surface area contributed by atoms with Gasteiger partial charge < -0.3 is 10.6 Å². The number of aromatic nitrogens is 3. The molecule has 88 valence electrons. The number of carbonyl (C=O) groups excluding carboxylic acids is 1. The van der Waals surface area contributed by atoms with E-state index in [4.69, 9.17) is 0 Å². The van der Waals surface area contributed by atoms with Gasteiger partial charge in [-0.05, 0) is 19.4 Å². The molecular formula is C10H17N5O. The van der Waals surface area contributed by atoms with E-state index in [-0.39, 0.29) is 18.5 Å². The van der Waals surface area contributed by atoms with Gasteiger partial charge in [0.2, 0.25) is 5.91 Å². The quantitative estimate of drug-likeness (QED) is 0.727. The van der Waals surface area contributed by atoms with Crippen molar-refractivity contribution in [1.82, 2.24) is 25.6 Å². The molecule has 2 N–H and O–H groups in total. The van der Waals surface area contributed by atoms with Crippen molar-refractivity contribution in [2.24, 2.45) is 0 Å². The molecule has 0 bridgehead atoms. The minimum absolute atomic E-state index is 0.000741. The highest BCUT2D eigenvalue weighted by atomic mass is 16.2. The Bertz CT molecular complexity index is 316. The number of rotatable bonds is 3. The van der Waals surface area contributed by atoms with Crippen molar-refractivity contribution in [3.05, 3.63) is 12.4 Å². The highest BCUT2D eigenvalue weighted by Crippen LogP contribution is 2.03. The topological polar surface area (TPSA) is 71.8 Å². The Morgan fingerprint density at radius 3 is 3.31 bits per heavy atom. The van der Waals surface area contributed by atoms with Crippen LogP contribution in [0.1, 0.15) is 19.3 Å². The number of hydrogen-bond acceptors (Lipinski definition) is 4. The van der Waals surface area contributed by atoms with E-state index in [1.165, 1.54) is 17.5 Å². The zero-order chi connectivity index (χ0) is 11.2. The number of nitrogens with one attached hydrogen (secondary N) is 2. The highest BCUT2D eigenvalue weighted by Gasteiger charge is 2.14. The summed E-state index contributed by atoms with van der Waals surface area (Å²) >= 11 is 0. The molecule has 1 unspecified atom stereocenters. The molecule has 0 saturated carbocycles. The zero-order valence-electron chi connectivity index (χ0n) is 9.22. The lowest BCUT2D eigenvalue weighted by molar-refractivity contribution is -0.122. The first-order chi connectivity index (χ1) is 7.84. The highest BCUT2D eigenvalue weighted by molar-refractivity contribution is 5.75. The summed E-state index contributed by atoms with van der Waals surface area (Å²) in [6.45, 7) is 2.16. The van der Waals surface area contributed by atoms with E-state index in [0.29, 0.717) is 0 Å². The van der Waals surface area contributed by atoms with Crippen molar-refractivity contribution in [3.63, 3.8) is 0 Å². The predicted octanol–water partition coefficient (Wildman–Crippen LogP) is -0.464. The molecule has 6 heteroatoms. The Kier molecular flexibility index (Phi) is 3.87. The minimum Gasteiger partial charge on any atom is -0.350 e. The second-order valence-corrected chi connectivity index (χ2v) is 4.06. The third-order valence-corrected chi connectivity index (χ3v) is 2.69. The van der Waals surface area contributed by atoms with E-state index in [1.807, 2.05) is 0 Å². The lowest BCUT2D eigenvalue weighted by Crippen LogP contribution is -2.42. The third-order valence-electron chi connectivity index (χ3n) is 2.69. The van der Waals surface area contributed by atoms with Crippen LogP contribution in [-0.4, -0.2) is 40.0 Å². The Balaban J connectivity index is 1.77. The number of nitrogens with zero attached hydrogens (tertiary/aromatic N) is 3. The molecule has 0 radical (unpaired) electrons. The van der Waals surface area contributed by atoms with E-state index in [1.54, 1.807) is 12.4 Å². The van der Waals surface area contributed by atoms with Crippen LogP contribution in [0.2, 0.25) is 0 Å². The number of amides is 1. The summed E-state index contributed by atoms with van der Waals surface area (Å²) in [5.74, 6) is -0.000741. The Morgan fingerprint density at radius 2 is 2.50 bits per heavy atom. The van der Waals surface area contributed by atoms with Crippen LogP contribution in [0.4, 0.5) is 0 Å². The monoisotopic (exact) mass is 223 g/mol. The second-order valence-electron chi connectivity index (χ2n) is 4.06. The SMILES string of the molecule is O=C(Cn1ccnn1)NC1CCCCNC1. The van der Waals surface area contributed by atoms with Gasteiger partial charge in [0.05, 0.1) is 6.20 Å². The summed E-state index contributed by atoms with van der Waals surface area (Å²) < 4.78 is 1.53. The van der Waals surface area contributed by atoms with Gasteiger partial charge in [-0.15, -0.1) is 5.10 Å². The molecule has 1 aromatic heterocycles. The molecule has 1 amide bonds. The van der Waals surface area contributed by atoms with Gasteiger partial charge in [-0.1, -0.05) is 11.6 Å². The lowest BCUT2D eigenvalue weighted by Gasteiger charge is -2.16. The smallest absolute Gasteiger partial charge is 0.242 e. The van der Waals surface area contributed by atoms with E-state index in [2.05, 4.69) is 20.9 Å². The standard InChI is InChI=1S/C10H17N5O/c16-10(8-15-6-5-12-14-15)13-9-3-1-2-4-11-7-9/h5-6,9,11H,1-4,7-8H2,(H,13,16). The van der Waals surface area contributed by atoms with Crippen molar-refractivity contribution in [2.75, 3.05) is 13.1 Å². The van der Waals surface area contributed by atoms with Crippen molar-refractivity contribution < 1.29 is 4.79 Å². The summed E-state index contributed by atoms with van der Waals surface area (Å²) in [7, 11) is 0. The summed E-state index contributed by atoms with van der Waals surface area (Å²) in [6, 6.07) is 0.249. The molecule has 0 aromatic carbocycles. The van der Waals surface area contributed by atoms with Gasteiger partial charge >= 0.3 is 0 Å². The number of carbonyl (C=O) groups is 1. The van der Waals surface area contributed by atoms with Gasteiger partial charge in [0.15, 0.2) is 0 Å². The fourth-order valence-corrected chi connectivity index (χ4v) is 1.88. The number of hydrogen-bond donors (Lipinski definition) is 2. The molecule has 1 fully saturated rings. The first kappa shape index (κ1) is 11.1. The van der Waals surface area contributed by atoms with E-state index >= 15 is 0 Å². The molecule has 0 aliphatic carbocycles. The molecule has 16 heavy (non-hydrogen) atoms. The Hall–Kier alpha value is -1.43. The summed E-state index contributed by atoms with van der Waals surface area (Å²) in [6.07, 6.45) is 6.66. The third kappa shape index (κ3) is 3.30. The van der Waals surface area contributed by atoms with Gasteiger partial charge in [0.25, 0.3) is 0 Å². The molecule has 6 nitrogen and oxygen atoms in total. The van der Waals surface area contributed by atoms with Gasteiger partial charge in [0, 0.05) is 18.8 Å². The fourth-order valence-electron chi connectivity index (χ4n) is 1.88. The predicted molar refractivity (Wildman–Crippen MR) is 58.7 cm³/mol. The van der Waals surface area contributed by atoms with Gasteiger partial charge in [-0.2, -0.15) is 0 Å².